The van der Waals surface area contributed by atoms with Crippen LogP contribution in [0.1, 0.15) is 5.56 Å². The standard InChI is InChI=1S/C20H25N5O/c1-16-7-9-17(10-8-16)23-20(21)22-15-19(26)25-13-11-24(12-14-25)18-5-3-2-4-6-18/h2-10H,11-15H2,1H3,(H3,21,22,23). The van der Waals surface area contributed by atoms with Gasteiger partial charge in [0.1, 0.15) is 6.54 Å². The molecule has 0 aromatic heterocycles. The Morgan fingerprint density at radius 2 is 1.69 bits per heavy atom. The fraction of sp³-hybridized carbons (Fsp3) is 0.300. The number of hydrogen-bond acceptors (Lipinski definition) is 3. The quantitative estimate of drug-likeness (QED) is 0.653. The lowest BCUT2D eigenvalue weighted by Gasteiger charge is -2.35. The van der Waals surface area contributed by atoms with Crippen LogP contribution in [0, 0.1) is 6.92 Å². The van der Waals surface area contributed by atoms with Crippen LogP contribution in [-0.4, -0.2) is 49.5 Å². The van der Waals surface area contributed by atoms with Gasteiger partial charge in [-0.1, -0.05) is 35.9 Å². The van der Waals surface area contributed by atoms with E-state index in [0.29, 0.717) is 13.1 Å². The summed E-state index contributed by atoms with van der Waals surface area (Å²) < 4.78 is 0. The molecule has 2 aromatic carbocycles. The predicted molar refractivity (Wildman–Crippen MR) is 107 cm³/mol. The van der Waals surface area contributed by atoms with Crippen molar-refractivity contribution in [1.82, 2.24) is 4.90 Å². The Morgan fingerprint density at radius 1 is 1.04 bits per heavy atom. The first-order chi connectivity index (χ1) is 12.6. The number of carbonyl (C=O) groups is 1. The van der Waals surface area contributed by atoms with E-state index in [0.717, 1.165) is 18.8 Å². The lowest BCUT2D eigenvalue weighted by atomic mass is 10.2. The molecule has 3 N–H and O–H groups in total. The van der Waals surface area contributed by atoms with Gasteiger partial charge in [0.25, 0.3) is 0 Å². The molecule has 1 heterocycles. The molecular formula is C20H25N5O. The molecule has 26 heavy (non-hydrogen) atoms. The molecule has 6 heteroatoms. The normalized spacial score (nSPS) is 15.0. The molecule has 0 atom stereocenters. The fourth-order valence-electron chi connectivity index (χ4n) is 2.93. The first kappa shape index (κ1) is 17.8. The molecule has 2 aromatic rings. The Labute approximate surface area is 154 Å². The molecule has 136 valence electrons. The topological polar surface area (TPSA) is 74.0 Å². The summed E-state index contributed by atoms with van der Waals surface area (Å²) in [4.78, 5) is 20.7. The Kier molecular flexibility index (Phi) is 5.73. The Morgan fingerprint density at radius 3 is 2.35 bits per heavy atom. The number of nitrogens with zero attached hydrogens (tertiary/aromatic N) is 3. The Bertz CT molecular complexity index is 750. The summed E-state index contributed by atoms with van der Waals surface area (Å²) in [5.41, 5.74) is 9.12. The molecule has 0 saturated carbocycles. The number of para-hydroxylation sites is 1. The van der Waals surface area contributed by atoms with E-state index in [1.807, 2.05) is 54.3 Å². The average Bonchev–Trinajstić information content (AvgIpc) is 2.69. The van der Waals surface area contributed by atoms with E-state index in [4.69, 9.17) is 5.73 Å². The number of amides is 1. The van der Waals surface area contributed by atoms with Crippen molar-refractivity contribution in [3.63, 3.8) is 0 Å². The summed E-state index contributed by atoms with van der Waals surface area (Å²) in [5, 5.41) is 3.00. The van der Waals surface area contributed by atoms with Crippen LogP contribution < -0.4 is 16.0 Å². The van der Waals surface area contributed by atoms with Crippen LogP contribution in [0.4, 0.5) is 11.4 Å². The second-order valence-electron chi connectivity index (χ2n) is 6.40. The number of piperazine rings is 1. The predicted octanol–water partition coefficient (Wildman–Crippen LogP) is 2.07. The zero-order chi connectivity index (χ0) is 18.4. The maximum atomic E-state index is 12.4. The van der Waals surface area contributed by atoms with Crippen LogP contribution >= 0.6 is 0 Å². The van der Waals surface area contributed by atoms with Crippen LogP contribution in [-0.2, 0) is 4.79 Å². The molecule has 6 nitrogen and oxygen atoms in total. The van der Waals surface area contributed by atoms with Crippen molar-refractivity contribution in [2.75, 3.05) is 42.9 Å². The lowest BCUT2D eigenvalue weighted by molar-refractivity contribution is -0.129. The van der Waals surface area contributed by atoms with Gasteiger partial charge in [-0.05, 0) is 31.2 Å². The average molecular weight is 351 g/mol. The van der Waals surface area contributed by atoms with Crippen LogP contribution in [0.5, 0.6) is 0 Å². The largest absolute Gasteiger partial charge is 0.370 e. The number of aliphatic imine (C=N–C) groups is 1. The second-order valence-corrected chi connectivity index (χ2v) is 6.40. The zero-order valence-corrected chi connectivity index (χ0v) is 15.1. The second kappa shape index (κ2) is 8.38. The maximum absolute atomic E-state index is 12.4. The van der Waals surface area contributed by atoms with Gasteiger partial charge in [-0.25, -0.2) is 4.99 Å². The monoisotopic (exact) mass is 351 g/mol. The van der Waals surface area contributed by atoms with Crippen LogP contribution in [0.15, 0.2) is 59.6 Å². The van der Waals surface area contributed by atoms with Gasteiger partial charge in [-0.2, -0.15) is 0 Å². The van der Waals surface area contributed by atoms with Gasteiger partial charge < -0.3 is 20.9 Å². The van der Waals surface area contributed by atoms with E-state index >= 15 is 0 Å². The Balaban J connectivity index is 1.47. The molecule has 0 spiro atoms. The van der Waals surface area contributed by atoms with E-state index in [1.165, 1.54) is 11.3 Å². The fourth-order valence-corrected chi connectivity index (χ4v) is 2.93. The summed E-state index contributed by atoms with van der Waals surface area (Å²) in [6.07, 6.45) is 0. The number of nitrogens with one attached hydrogen (secondary N) is 1. The number of rotatable bonds is 4. The highest BCUT2D eigenvalue weighted by atomic mass is 16.2. The smallest absolute Gasteiger partial charge is 0.244 e. The SMILES string of the molecule is Cc1ccc(NC(N)=NCC(=O)N2CCN(c3ccccc3)CC2)cc1. The first-order valence-electron chi connectivity index (χ1n) is 8.83. The van der Waals surface area contributed by atoms with E-state index in [-0.39, 0.29) is 18.4 Å². The number of guanidine groups is 1. The highest BCUT2D eigenvalue weighted by Gasteiger charge is 2.20. The third-order valence-electron chi connectivity index (χ3n) is 4.46. The van der Waals surface area contributed by atoms with E-state index in [1.54, 1.807) is 0 Å². The summed E-state index contributed by atoms with van der Waals surface area (Å²) in [6.45, 7) is 5.16. The van der Waals surface area contributed by atoms with E-state index in [2.05, 4.69) is 27.3 Å². The minimum Gasteiger partial charge on any atom is -0.370 e. The van der Waals surface area contributed by atoms with Crippen molar-refractivity contribution in [1.29, 1.82) is 0 Å². The Hall–Kier alpha value is -3.02. The minimum absolute atomic E-state index is 0.00590. The number of hydrogen-bond donors (Lipinski definition) is 2. The van der Waals surface area contributed by atoms with Gasteiger partial charge in [0.05, 0.1) is 0 Å². The molecule has 1 fully saturated rings. The zero-order valence-electron chi connectivity index (χ0n) is 15.1. The van der Waals surface area contributed by atoms with Gasteiger partial charge in [0, 0.05) is 37.6 Å². The number of aryl methyl sites for hydroxylation is 1. The number of anilines is 2. The van der Waals surface area contributed by atoms with Crippen molar-refractivity contribution in [2.45, 2.75) is 6.92 Å². The summed E-state index contributed by atoms with van der Waals surface area (Å²) in [6, 6.07) is 18.1. The molecule has 1 amide bonds. The number of benzene rings is 2. The molecule has 0 aliphatic carbocycles. The molecule has 0 radical (unpaired) electrons. The summed E-state index contributed by atoms with van der Waals surface area (Å²) in [7, 11) is 0. The maximum Gasteiger partial charge on any atom is 0.244 e. The molecule has 0 bridgehead atoms. The van der Waals surface area contributed by atoms with Crippen molar-refractivity contribution < 1.29 is 4.79 Å². The van der Waals surface area contributed by atoms with Crippen molar-refractivity contribution in [3.8, 4) is 0 Å². The molecule has 3 rings (SSSR count). The molecule has 1 saturated heterocycles. The first-order valence-corrected chi connectivity index (χ1v) is 8.83. The van der Waals surface area contributed by atoms with Crippen LogP contribution in [0.2, 0.25) is 0 Å². The van der Waals surface area contributed by atoms with Gasteiger partial charge >= 0.3 is 0 Å². The minimum atomic E-state index is 0.00590. The van der Waals surface area contributed by atoms with Crippen molar-refractivity contribution >= 4 is 23.2 Å². The molecule has 1 aliphatic rings. The van der Waals surface area contributed by atoms with E-state index < -0.39 is 0 Å². The van der Waals surface area contributed by atoms with Crippen LogP contribution in [0.25, 0.3) is 0 Å². The van der Waals surface area contributed by atoms with E-state index in [9.17, 15) is 4.79 Å². The highest BCUT2D eigenvalue weighted by molar-refractivity contribution is 5.93. The molecular weight excluding hydrogens is 326 g/mol. The van der Waals surface area contributed by atoms with Gasteiger partial charge in [0.2, 0.25) is 5.91 Å². The summed E-state index contributed by atoms with van der Waals surface area (Å²) >= 11 is 0. The molecule has 0 unspecified atom stereocenters. The number of nitrogens with two attached hydrogens (primary N) is 1. The van der Waals surface area contributed by atoms with Crippen LogP contribution in [0.3, 0.4) is 0 Å². The molecule has 1 aliphatic heterocycles. The van der Waals surface area contributed by atoms with Crippen molar-refractivity contribution in [2.24, 2.45) is 10.7 Å². The number of carbonyl (C=O) groups excluding carboxylic acids is 1. The van der Waals surface area contributed by atoms with Gasteiger partial charge in [-0.15, -0.1) is 0 Å². The van der Waals surface area contributed by atoms with Gasteiger partial charge in [0.15, 0.2) is 5.96 Å². The van der Waals surface area contributed by atoms with Gasteiger partial charge in [-0.3, -0.25) is 4.79 Å². The third kappa shape index (κ3) is 4.75. The highest BCUT2D eigenvalue weighted by Crippen LogP contribution is 2.15. The third-order valence-corrected chi connectivity index (χ3v) is 4.46. The lowest BCUT2D eigenvalue weighted by Crippen LogP contribution is -2.49. The summed E-state index contributed by atoms with van der Waals surface area (Å²) in [5.74, 6) is 0.261. The van der Waals surface area contributed by atoms with Crippen molar-refractivity contribution in [3.05, 3.63) is 60.2 Å².